The SMILES string of the molecule is CCS(=O)(=O)c1c(F)cc([S+](c2ccccc2)c2ccccc2)cc1F.CS(=O)(=O)c1c(F)cc([S+](c2ccccc2)c2ccccc2)cc1F.CS(=O)(=O)c1ccc([S+](c2ccccc2)c2ccccc2)cc1F.Cc1cc([S+](c2ccccc2)c2ccccc2)cc(C(F)(F)F)c1S(C)(=O)=O.O=S(=O)(c1ccccc1)c1ccc([S+](c2ccccc2)c2ccccc2)cc1C(F)(F)F. The fourth-order valence-corrected chi connectivity index (χ4v) is 29.9. The molecule has 0 aliphatic carbocycles. The van der Waals surface area contributed by atoms with Crippen LogP contribution < -0.4 is 0 Å². The van der Waals surface area contributed by atoms with Gasteiger partial charge in [-0.05, 0) is 176 Å². The Labute approximate surface area is 793 Å². The van der Waals surface area contributed by atoms with Gasteiger partial charge in [0.1, 0.15) is 43.8 Å². The molecule has 692 valence electrons. The molecule has 0 unspecified atom stereocenters. The quantitative estimate of drug-likeness (QED) is 0.0470. The third-order valence-electron chi connectivity index (χ3n) is 19.8. The Hall–Kier alpha value is -11.8. The Bertz CT molecular complexity index is 7120. The van der Waals surface area contributed by atoms with E-state index >= 15 is 0 Å². The van der Waals surface area contributed by atoms with Crippen LogP contribution in [0.25, 0.3) is 0 Å². The first-order valence-corrected chi connectivity index (χ1v) is 55.6. The van der Waals surface area contributed by atoms with Gasteiger partial charge >= 0.3 is 12.4 Å². The van der Waals surface area contributed by atoms with Crippen molar-refractivity contribution in [2.24, 2.45) is 0 Å². The van der Waals surface area contributed by atoms with Gasteiger partial charge in [0.05, 0.1) is 86.0 Å². The van der Waals surface area contributed by atoms with Gasteiger partial charge in [-0.15, -0.1) is 0 Å². The van der Waals surface area contributed by atoms with Crippen LogP contribution in [0, 0.1) is 36.0 Å². The van der Waals surface area contributed by atoms with Crippen LogP contribution in [-0.4, -0.2) is 66.6 Å². The number of aryl methyl sites for hydroxylation is 1. The van der Waals surface area contributed by atoms with Crippen molar-refractivity contribution >= 4 is 104 Å². The molecule has 0 saturated carbocycles. The van der Waals surface area contributed by atoms with Gasteiger partial charge in [-0.3, -0.25) is 0 Å². The molecule has 31 heteroatoms. The second kappa shape index (κ2) is 44.8. The summed E-state index contributed by atoms with van der Waals surface area (Å²) < 4.78 is 276. The molecular formula is C104H84F11O10S10+5. The van der Waals surface area contributed by atoms with E-state index in [1.807, 2.05) is 303 Å². The first-order chi connectivity index (χ1) is 64.1. The van der Waals surface area contributed by atoms with Crippen molar-refractivity contribution in [1.82, 2.24) is 0 Å². The van der Waals surface area contributed by atoms with Crippen molar-refractivity contribution < 1.29 is 90.4 Å². The van der Waals surface area contributed by atoms with Crippen LogP contribution >= 0.6 is 0 Å². The predicted octanol–water partition coefficient (Wildman–Crippen LogP) is 25.8. The maximum Gasteiger partial charge on any atom is 0.417 e. The summed E-state index contributed by atoms with van der Waals surface area (Å²) in [4.78, 5) is 7.81. The fraction of sp³-hybridized carbons (Fsp3) is 0.0769. The molecule has 0 N–H and O–H groups in total. The molecule has 0 radical (unpaired) electrons. The lowest BCUT2D eigenvalue weighted by Crippen LogP contribution is -2.16. The summed E-state index contributed by atoms with van der Waals surface area (Å²) in [5, 5.41) is 0. The summed E-state index contributed by atoms with van der Waals surface area (Å²) >= 11 is 0. The summed E-state index contributed by atoms with van der Waals surface area (Å²) in [6.07, 6.45) is -7.00. The van der Waals surface area contributed by atoms with E-state index in [9.17, 15) is 90.4 Å². The molecule has 16 aromatic rings. The second-order valence-corrected chi connectivity index (χ2v) is 49.6. The van der Waals surface area contributed by atoms with Crippen LogP contribution in [0.5, 0.6) is 0 Å². The lowest BCUT2D eigenvalue weighted by atomic mass is 10.1. The Morgan fingerprint density at radius 2 is 0.452 bits per heavy atom. The average Bonchev–Trinajstić information content (AvgIpc) is 0.766. The molecule has 0 heterocycles. The van der Waals surface area contributed by atoms with Crippen molar-refractivity contribution in [3.63, 3.8) is 0 Å². The summed E-state index contributed by atoms with van der Waals surface area (Å²) in [6.45, 7) is 2.77. The molecule has 16 rings (SSSR count). The Morgan fingerprint density at radius 1 is 0.230 bits per heavy atom. The Kier molecular flexibility index (Phi) is 33.9. The third-order valence-corrected chi connectivity index (χ3v) is 38.0. The summed E-state index contributed by atoms with van der Waals surface area (Å²) in [5.41, 5.74) is -2.19. The lowest BCUT2D eigenvalue weighted by Gasteiger charge is -2.16. The molecule has 0 aliphatic rings. The zero-order valence-electron chi connectivity index (χ0n) is 72.2. The van der Waals surface area contributed by atoms with Gasteiger partial charge < -0.3 is 0 Å². The van der Waals surface area contributed by atoms with Gasteiger partial charge in [-0.1, -0.05) is 207 Å². The van der Waals surface area contributed by atoms with Gasteiger partial charge in [0.25, 0.3) is 0 Å². The van der Waals surface area contributed by atoms with E-state index < -0.39 is 176 Å². The number of sulfone groups is 5. The first kappa shape index (κ1) is 102. The van der Waals surface area contributed by atoms with Gasteiger partial charge in [0.15, 0.2) is 113 Å². The second-order valence-electron chi connectivity index (χ2n) is 29.5. The minimum Gasteiger partial charge on any atom is -0.224 e. The van der Waals surface area contributed by atoms with Crippen LogP contribution in [0.2, 0.25) is 0 Å². The van der Waals surface area contributed by atoms with Gasteiger partial charge in [0, 0.05) is 61.2 Å². The zero-order chi connectivity index (χ0) is 97.2. The highest BCUT2D eigenvalue weighted by Crippen LogP contribution is 2.45. The van der Waals surface area contributed by atoms with Gasteiger partial charge in [-0.2, -0.15) is 26.3 Å². The van der Waals surface area contributed by atoms with E-state index in [1.54, 1.807) is 18.2 Å². The average molecular weight is 2020 g/mol. The predicted molar refractivity (Wildman–Crippen MR) is 511 cm³/mol. The maximum absolute atomic E-state index is 14.6. The van der Waals surface area contributed by atoms with Crippen LogP contribution in [0.4, 0.5) is 48.3 Å². The minimum atomic E-state index is -4.84. The van der Waals surface area contributed by atoms with Crippen molar-refractivity contribution in [1.29, 1.82) is 0 Å². The van der Waals surface area contributed by atoms with Crippen LogP contribution in [0.3, 0.4) is 0 Å². The largest absolute Gasteiger partial charge is 0.417 e. The molecule has 0 spiro atoms. The topological polar surface area (TPSA) is 171 Å². The van der Waals surface area contributed by atoms with Gasteiger partial charge in [-0.25, -0.2) is 64.0 Å². The Morgan fingerprint density at radius 3 is 0.696 bits per heavy atom. The molecule has 0 aromatic heterocycles. The van der Waals surface area contributed by atoms with E-state index in [0.29, 0.717) is 19.6 Å². The molecule has 0 saturated heterocycles. The van der Waals surface area contributed by atoms with Crippen molar-refractivity contribution in [3.8, 4) is 0 Å². The highest BCUT2D eigenvalue weighted by Gasteiger charge is 2.44. The van der Waals surface area contributed by atoms with Crippen LogP contribution in [-0.2, 0) is 116 Å². The molecule has 16 aromatic carbocycles. The normalized spacial score (nSPS) is 11.9. The van der Waals surface area contributed by atoms with Crippen molar-refractivity contribution in [3.05, 3.63) is 452 Å². The summed E-state index contributed by atoms with van der Waals surface area (Å²) in [5.74, 6) is -5.30. The van der Waals surface area contributed by atoms with E-state index in [1.165, 1.54) is 56.3 Å². The number of benzene rings is 16. The molecule has 0 bridgehead atoms. The number of alkyl halides is 6. The standard InChI is InChI=1S/C25H18F3O2S2.C21H18F3O2S2.C20H17F2O2S2.C19H15F2O2S2.C19H16FO2S2/c26-25(27,28)23-18-21(16-17-24(23)32(29,30)22-14-8-3-9-15-22)31(19-10-4-1-5-11-19)20-12-6-2-7-13-20;1-15-13-18(14-19(21(22,23)24)20(15)28(2,25)26)27(16-9-5-3-6-10-16)17-11-7-4-8-12-17;1-2-26(23,24)20-18(21)13-17(14-19(20)22)25(15-9-5-3-6-10-15)16-11-7-4-8-12-16;1-25(22,23)19-17(20)12-16(13-18(19)21)24(14-8-4-2-5-9-14)15-10-6-3-7-11-15;1-24(21,22)19-13-12-17(14-18(19)20)23(15-8-4-2-5-9-15)16-10-6-3-7-11-16/h1-18H;3-14H,1-2H3;3-14H,2H2,1H3;2-13H,1H3;2-14H,1H3/q5*+1. The van der Waals surface area contributed by atoms with Crippen molar-refractivity contribution in [2.75, 3.05) is 24.5 Å². The first-order valence-electron chi connectivity index (χ1n) is 40.7. The van der Waals surface area contributed by atoms with Crippen LogP contribution in [0.1, 0.15) is 23.6 Å². The molecule has 135 heavy (non-hydrogen) atoms. The maximum atomic E-state index is 14.6. The van der Waals surface area contributed by atoms with Crippen LogP contribution in [0.15, 0.2) is 509 Å². The number of halogens is 11. The highest BCUT2D eigenvalue weighted by molar-refractivity contribution is 7.98. The molecule has 0 aliphatic heterocycles. The highest BCUT2D eigenvalue weighted by atomic mass is 32.2. The number of hydrogen-bond acceptors (Lipinski definition) is 10. The molecule has 0 atom stereocenters. The van der Waals surface area contributed by atoms with E-state index in [4.69, 9.17) is 0 Å². The monoisotopic (exact) mass is 2020 g/mol. The van der Waals surface area contributed by atoms with E-state index in [-0.39, 0.29) is 21.1 Å². The van der Waals surface area contributed by atoms with Crippen molar-refractivity contribution in [2.45, 2.75) is 129 Å². The Balaban J connectivity index is 0.000000152. The fourth-order valence-electron chi connectivity index (χ4n) is 14.0. The minimum absolute atomic E-state index is 0.0942. The molecule has 10 nitrogen and oxygen atoms in total. The van der Waals surface area contributed by atoms with E-state index in [0.717, 1.165) is 115 Å². The molecule has 0 fully saturated rings. The molecule has 0 amide bonds. The smallest absolute Gasteiger partial charge is 0.224 e. The lowest BCUT2D eigenvalue weighted by molar-refractivity contribution is -0.140. The summed E-state index contributed by atoms with van der Waals surface area (Å²) in [6, 6.07) is 116. The zero-order valence-corrected chi connectivity index (χ0v) is 80.4. The molecular weight excluding hydrogens is 1940 g/mol. The number of hydrogen-bond donors (Lipinski definition) is 0. The van der Waals surface area contributed by atoms with Gasteiger partial charge in [0.2, 0.25) is 9.84 Å². The number of rotatable bonds is 22. The summed E-state index contributed by atoms with van der Waals surface area (Å²) in [7, 11) is -23.5. The third kappa shape index (κ3) is 25.9. The van der Waals surface area contributed by atoms with E-state index in [2.05, 4.69) is 0 Å².